The Hall–Kier alpha value is -3.00. The number of carbonyl (C=O) groups excluding carboxylic acids is 2. The van der Waals surface area contributed by atoms with Gasteiger partial charge in [0.2, 0.25) is 0 Å². The average molecular weight is 603 g/mol. The summed E-state index contributed by atoms with van der Waals surface area (Å²) in [5.41, 5.74) is 2.46. The zero-order chi connectivity index (χ0) is 24.2. The highest BCUT2D eigenvalue weighted by Gasteiger charge is 2.36. The summed E-state index contributed by atoms with van der Waals surface area (Å²) in [6.07, 6.45) is 1.65. The van der Waals surface area contributed by atoms with E-state index in [1.165, 1.54) is 7.11 Å². The summed E-state index contributed by atoms with van der Waals surface area (Å²) in [6.45, 7) is 0.204. The van der Waals surface area contributed by atoms with Crippen molar-refractivity contribution in [2.75, 3.05) is 12.0 Å². The molecule has 1 aliphatic heterocycles. The van der Waals surface area contributed by atoms with Gasteiger partial charge in [-0.25, -0.2) is 4.90 Å². The second-order valence-corrected chi connectivity index (χ2v) is 9.68. The lowest BCUT2D eigenvalue weighted by atomic mass is 10.1. The highest BCUT2D eigenvalue weighted by atomic mass is 127. The molecule has 2 amide bonds. The van der Waals surface area contributed by atoms with Crippen LogP contribution in [0.4, 0.5) is 10.5 Å². The van der Waals surface area contributed by atoms with Gasteiger partial charge < -0.3 is 9.47 Å². The summed E-state index contributed by atoms with van der Waals surface area (Å²) in [5.74, 6) is 0.603. The molecule has 0 saturated carbocycles. The fraction of sp³-hybridized carbons (Fsp3) is 0.0800. The zero-order valence-corrected chi connectivity index (χ0v) is 21.5. The van der Waals surface area contributed by atoms with Crippen LogP contribution in [0.2, 0.25) is 5.02 Å². The number of rotatable bonds is 6. The lowest BCUT2D eigenvalue weighted by Crippen LogP contribution is -2.27. The van der Waals surface area contributed by atoms with E-state index in [-0.39, 0.29) is 11.8 Å². The van der Waals surface area contributed by atoms with E-state index in [1.54, 1.807) is 48.5 Å². The molecule has 1 fully saturated rings. The molecule has 0 bridgehead atoms. The predicted octanol–water partition coefficient (Wildman–Crippen LogP) is 6.64. The lowest BCUT2D eigenvalue weighted by Gasteiger charge is -2.14. The number of ether oxygens (including phenoxy) is 2. The van der Waals surface area contributed by atoms with E-state index >= 15 is 0 Å². The van der Waals surface area contributed by atoms with Gasteiger partial charge in [0.05, 0.1) is 32.9 Å². The van der Waals surface area contributed by atoms with Crippen molar-refractivity contribution in [1.82, 2.24) is 0 Å². The highest BCUT2D eigenvalue weighted by molar-refractivity contribution is 14.1. The molecule has 1 saturated heterocycles. The minimum atomic E-state index is -0.403. The van der Waals surface area contributed by atoms with Crippen LogP contribution in [0.5, 0.6) is 11.5 Å². The minimum absolute atomic E-state index is 0.204. The highest BCUT2D eigenvalue weighted by Crippen LogP contribution is 2.39. The third-order valence-corrected chi connectivity index (χ3v) is 6.86. The van der Waals surface area contributed by atoms with Crippen LogP contribution in [0.3, 0.4) is 0 Å². The van der Waals surface area contributed by atoms with Crippen LogP contribution < -0.4 is 14.4 Å². The maximum Gasteiger partial charge on any atom is 0.298 e. The molecular weight excluding hydrogens is 587 g/mol. The number of hydrogen-bond acceptors (Lipinski definition) is 6. The summed E-state index contributed by atoms with van der Waals surface area (Å²) >= 11 is 8.91. The SMILES string of the molecule is COc1cc(/C=C2/SC(=O)N(c3ccc(Cl)cc3)C2=O)cc(I)c1OCc1ccccc1C#N. The molecule has 6 nitrogen and oxygen atoms in total. The minimum Gasteiger partial charge on any atom is -0.493 e. The number of benzene rings is 3. The van der Waals surface area contributed by atoms with Crippen LogP contribution in [-0.4, -0.2) is 18.3 Å². The van der Waals surface area contributed by atoms with Gasteiger partial charge in [0.1, 0.15) is 6.61 Å². The van der Waals surface area contributed by atoms with Gasteiger partial charge in [-0.2, -0.15) is 5.26 Å². The standard InChI is InChI=1S/C25H16ClIN2O4S/c1-32-21-11-15(10-20(27)23(21)33-14-17-5-3-2-4-16(17)13-28)12-22-24(30)29(25(31)34-22)19-8-6-18(26)7-9-19/h2-12H,14H2,1H3/b22-12+. The number of methoxy groups -OCH3 is 1. The van der Waals surface area contributed by atoms with E-state index in [1.807, 2.05) is 18.2 Å². The van der Waals surface area contributed by atoms with Crippen molar-refractivity contribution in [2.45, 2.75) is 6.61 Å². The first-order chi connectivity index (χ1) is 16.4. The molecule has 3 aromatic carbocycles. The van der Waals surface area contributed by atoms with E-state index in [9.17, 15) is 14.9 Å². The molecule has 170 valence electrons. The Labute approximate surface area is 219 Å². The summed E-state index contributed by atoms with van der Waals surface area (Å²) in [7, 11) is 1.53. The van der Waals surface area contributed by atoms with Crippen LogP contribution in [0.25, 0.3) is 6.08 Å². The van der Waals surface area contributed by atoms with E-state index < -0.39 is 5.91 Å². The van der Waals surface area contributed by atoms with Crippen molar-refractivity contribution in [3.8, 4) is 17.6 Å². The summed E-state index contributed by atoms with van der Waals surface area (Å²) in [6, 6.07) is 19.5. The number of amides is 2. The molecule has 1 heterocycles. The Morgan fingerprint density at radius 2 is 1.88 bits per heavy atom. The van der Waals surface area contributed by atoms with Gasteiger partial charge in [-0.05, 0) is 88.5 Å². The number of nitrogens with zero attached hydrogens (tertiary/aromatic N) is 2. The van der Waals surface area contributed by atoms with Gasteiger partial charge >= 0.3 is 0 Å². The number of imide groups is 1. The maximum atomic E-state index is 12.9. The fourth-order valence-electron chi connectivity index (χ4n) is 3.30. The van der Waals surface area contributed by atoms with Crippen LogP contribution in [0.1, 0.15) is 16.7 Å². The molecule has 0 aromatic heterocycles. The molecule has 0 spiro atoms. The topological polar surface area (TPSA) is 79.6 Å². The van der Waals surface area contributed by atoms with Gasteiger partial charge in [0.25, 0.3) is 11.1 Å². The number of nitriles is 1. The van der Waals surface area contributed by atoms with Crippen molar-refractivity contribution in [3.63, 3.8) is 0 Å². The van der Waals surface area contributed by atoms with Crippen LogP contribution in [0, 0.1) is 14.9 Å². The third-order valence-electron chi connectivity index (χ3n) is 4.94. The van der Waals surface area contributed by atoms with E-state index in [0.717, 1.165) is 25.8 Å². The van der Waals surface area contributed by atoms with Gasteiger partial charge in [0.15, 0.2) is 11.5 Å². The van der Waals surface area contributed by atoms with Crippen molar-refractivity contribution >= 4 is 68.9 Å². The number of thioether (sulfide) groups is 1. The van der Waals surface area contributed by atoms with Gasteiger partial charge in [-0.15, -0.1) is 0 Å². The van der Waals surface area contributed by atoms with Gasteiger partial charge in [-0.3, -0.25) is 9.59 Å². The molecule has 0 N–H and O–H groups in total. The number of halogens is 2. The first-order valence-corrected chi connectivity index (χ1v) is 12.2. The molecular formula is C25H16ClIN2O4S. The quantitative estimate of drug-likeness (QED) is 0.232. The summed E-state index contributed by atoms with van der Waals surface area (Å²) < 4.78 is 12.3. The Balaban J connectivity index is 1.59. The van der Waals surface area contributed by atoms with Crippen LogP contribution in [0.15, 0.2) is 65.6 Å². The molecule has 3 aromatic rings. The third kappa shape index (κ3) is 5.06. The molecule has 9 heteroatoms. The Bertz CT molecular complexity index is 1350. The molecule has 0 radical (unpaired) electrons. The van der Waals surface area contributed by atoms with Gasteiger partial charge in [0, 0.05) is 10.6 Å². The smallest absolute Gasteiger partial charge is 0.298 e. The number of carbonyl (C=O) groups is 2. The van der Waals surface area contributed by atoms with E-state index in [0.29, 0.717) is 38.2 Å². The Kier molecular flexibility index (Phi) is 7.46. The summed E-state index contributed by atoms with van der Waals surface area (Å²) in [5, 5.41) is 9.43. The van der Waals surface area contributed by atoms with Crippen LogP contribution >= 0.6 is 46.0 Å². The largest absolute Gasteiger partial charge is 0.493 e. The maximum absolute atomic E-state index is 12.9. The van der Waals surface area contributed by atoms with E-state index in [4.69, 9.17) is 21.1 Å². The molecule has 0 aliphatic carbocycles. The monoisotopic (exact) mass is 602 g/mol. The number of hydrogen-bond donors (Lipinski definition) is 0. The Morgan fingerprint density at radius 1 is 1.15 bits per heavy atom. The van der Waals surface area contributed by atoms with Crippen molar-refractivity contribution in [2.24, 2.45) is 0 Å². The van der Waals surface area contributed by atoms with E-state index in [2.05, 4.69) is 28.7 Å². The number of anilines is 1. The first-order valence-electron chi connectivity index (χ1n) is 9.93. The molecule has 0 unspecified atom stereocenters. The lowest BCUT2D eigenvalue weighted by molar-refractivity contribution is -0.113. The van der Waals surface area contributed by atoms with Crippen molar-refractivity contribution < 1.29 is 19.1 Å². The molecule has 1 aliphatic rings. The normalized spacial score (nSPS) is 14.4. The molecule has 4 rings (SSSR count). The van der Waals surface area contributed by atoms with Gasteiger partial charge in [-0.1, -0.05) is 29.8 Å². The zero-order valence-electron chi connectivity index (χ0n) is 17.7. The van der Waals surface area contributed by atoms with Crippen molar-refractivity contribution in [3.05, 3.63) is 90.9 Å². The Morgan fingerprint density at radius 3 is 2.59 bits per heavy atom. The second kappa shape index (κ2) is 10.5. The fourth-order valence-corrected chi connectivity index (χ4v) is 5.05. The first kappa shape index (κ1) is 24.1. The van der Waals surface area contributed by atoms with Crippen molar-refractivity contribution in [1.29, 1.82) is 5.26 Å². The predicted molar refractivity (Wildman–Crippen MR) is 141 cm³/mol. The van der Waals surface area contributed by atoms with Crippen LogP contribution in [-0.2, 0) is 11.4 Å². The molecule has 0 atom stereocenters. The molecule has 34 heavy (non-hydrogen) atoms. The second-order valence-electron chi connectivity index (χ2n) is 7.09. The summed E-state index contributed by atoms with van der Waals surface area (Å²) in [4.78, 5) is 26.9. The average Bonchev–Trinajstić information content (AvgIpc) is 3.11.